The van der Waals surface area contributed by atoms with Gasteiger partial charge in [0.1, 0.15) is 6.10 Å². The van der Waals surface area contributed by atoms with Crippen molar-refractivity contribution in [2.75, 3.05) is 19.6 Å². The molecule has 0 unspecified atom stereocenters. The van der Waals surface area contributed by atoms with Crippen LogP contribution in [0.15, 0.2) is 17.1 Å². The molecular weight excluding hydrogens is 410 g/mol. The van der Waals surface area contributed by atoms with Crippen molar-refractivity contribution in [3.63, 3.8) is 0 Å². The highest BCUT2D eigenvalue weighted by Gasteiger charge is 2.29. The third kappa shape index (κ3) is 6.93. The van der Waals surface area contributed by atoms with Gasteiger partial charge in [-0.05, 0) is 63.8 Å². The highest BCUT2D eigenvalue weighted by atomic mass is 16.6. The fourth-order valence-electron chi connectivity index (χ4n) is 3.66. The van der Waals surface area contributed by atoms with Gasteiger partial charge in [0.05, 0.1) is 11.8 Å². The van der Waals surface area contributed by atoms with E-state index in [9.17, 15) is 9.90 Å². The molecule has 0 bridgehead atoms. The molecular formula is C23H37N5O4. The molecule has 9 heteroatoms. The van der Waals surface area contributed by atoms with E-state index in [0.717, 1.165) is 36.3 Å². The quantitative estimate of drug-likeness (QED) is 0.455. The van der Waals surface area contributed by atoms with E-state index >= 15 is 0 Å². The molecule has 1 aliphatic rings. The monoisotopic (exact) mass is 447 g/mol. The first-order valence-electron chi connectivity index (χ1n) is 11.1. The minimum absolute atomic E-state index is 0.0534. The summed E-state index contributed by atoms with van der Waals surface area (Å²) in [4.78, 5) is 20.7. The zero-order valence-corrected chi connectivity index (χ0v) is 20.0. The Morgan fingerprint density at radius 3 is 2.62 bits per heavy atom. The number of amidine groups is 1. The van der Waals surface area contributed by atoms with Gasteiger partial charge in [-0.25, -0.2) is 4.79 Å². The first kappa shape index (κ1) is 25.6. The van der Waals surface area contributed by atoms with Gasteiger partial charge >= 0.3 is 6.09 Å². The molecule has 4 N–H and O–H groups in total. The highest BCUT2D eigenvalue weighted by molar-refractivity contribution is 5.91. The van der Waals surface area contributed by atoms with Gasteiger partial charge in [0.2, 0.25) is 5.90 Å². The molecule has 0 radical (unpaired) electrons. The second-order valence-corrected chi connectivity index (χ2v) is 8.62. The maximum absolute atomic E-state index is 12.3. The number of carbonyl (C=O) groups is 1. The van der Waals surface area contributed by atoms with Gasteiger partial charge in [0.25, 0.3) is 6.02 Å². The average molecular weight is 448 g/mol. The van der Waals surface area contributed by atoms with Gasteiger partial charge in [-0.15, -0.1) is 0 Å². The molecule has 1 saturated heterocycles. The summed E-state index contributed by atoms with van der Waals surface area (Å²) in [6.07, 6.45) is -1.03. The fourth-order valence-corrected chi connectivity index (χ4v) is 3.66. The van der Waals surface area contributed by atoms with E-state index in [0.29, 0.717) is 18.7 Å². The number of amides is 1. The lowest BCUT2D eigenvalue weighted by atomic mass is 10.0. The Morgan fingerprint density at radius 1 is 1.34 bits per heavy atom. The number of nitrogens with zero attached hydrogens (tertiary/aromatic N) is 3. The van der Waals surface area contributed by atoms with Crippen LogP contribution in [0, 0.1) is 19.3 Å². The van der Waals surface area contributed by atoms with Crippen LogP contribution in [0.1, 0.15) is 50.8 Å². The maximum atomic E-state index is 12.3. The molecule has 1 aromatic carbocycles. The lowest BCUT2D eigenvalue weighted by Crippen LogP contribution is -2.54. The summed E-state index contributed by atoms with van der Waals surface area (Å²) >= 11 is 0. The summed E-state index contributed by atoms with van der Waals surface area (Å²) in [5.74, 6) is -0.317. The number of nitrogens with two attached hydrogens (primary N) is 1. The number of piperazine rings is 1. The van der Waals surface area contributed by atoms with Crippen molar-refractivity contribution < 1.29 is 19.4 Å². The van der Waals surface area contributed by atoms with Crippen molar-refractivity contribution in [2.24, 2.45) is 10.7 Å². The van der Waals surface area contributed by atoms with Crippen molar-refractivity contribution in [1.82, 2.24) is 9.80 Å². The minimum atomic E-state index is -1.00. The van der Waals surface area contributed by atoms with Gasteiger partial charge < -0.3 is 25.2 Å². The van der Waals surface area contributed by atoms with Crippen LogP contribution in [0.3, 0.4) is 0 Å². The van der Waals surface area contributed by atoms with E-state index in [1.54, 1.807) is 11.8 Å². The van der Waals surface area contributed by atoms with Crippen molar-refractivity contribution >= 4 is 23.7 Å². The van der Waals surface area contributed by atoms with Crippen LogP contribution in [0.25, 0.3) is 0 Å². The predicted molar refractivity (Wildman–Crippen MR) is 125 cm³/mol. The molecule has 1 aliphatic heterocycles. The number of hydrogen-bond donors (Lipinski definition) is 3. The molecule has 178 valence electrons. The number of hydrogen-bond acceptors (Lipinski definition) is 7. The molecule has 0 aromatic heterocycles. The van der Waals surface area contributed by atoms with Crippen LogP contribution in [-0.2, 0) is 16.0 Å². The Labute approximate surface area is 190 Å². The normalized spacial score (nSPS) is 18.6. The summed E-state index contributed by atoms with van der Waals surface area (Å²) in [5, 5.41) is 17.4. The lowest BCUT2D eigenvalue weighted by Gasteiger charge is -2.39. The number of benzene rings is 1. The van der Waals surface area contributed by atoms with Crippen LogP contribution in [0.5, 0.6) is 0 Å². The zero-order valence-electron chi connectivity index (χ0n) is 20.0. The van der Waals surface area contributed by atoms with Gasteiger partial charge in [0.15, 0.2) is 0 Å². The summed E-state index contributed by atoms with van der Waals surface area (Å²) in [5.41, 5.74) is 9.66. The third-order valence-electron chi connectivity index (χ3n) is 5.44. The molecule has 1 heterocycles. The van der Waals surface area contributed by atoms with Crippen LogP contribution in [0.2, 0.25) is 0 Å². The average Bonchev–Trinajstić information content (AvgIpc) is 2.70. The number of rotatable bonds is 6. The van der Waals surface area contributed by atoms with Gasteiger partial charge in [-0.3, -0.25) is 10.3 Å². The predicted octanol–water partition coefficient (Wildman–Crippen LogP) is 3.07. The number of aliphatic hydroxyl groups is 1. The second-order valence-electron chi connectivity index (χ2n) is 8.62. The van der Waals surface area contributed by atoms with E-state index in [1.165, 1.54) is 0 Å². The number of nitrogens with one attached hydrogen (secondary N) is 1. The minimum Gasteiger partial charge on any atom is -0.447 e. The Hall–Kier alpha value is -2.65. The molecule has 0 aliphatic carbocycles. The number of aliphatic hydroxyl groups excluding tert-OH is 1. The standard InChI is InChI=1S/C23H37N5O4/c1-7-20(29)21(24)32-22(25)26-19-11-15(4)10-18(17(19)6)13-27-8-9-28(16(5)12-27)23(30)31-14(2)3/h10-11,14,16,20,24,29H,7-9,12-13H2,1-6H3,(H2,25,26)/t16-,20-/m0/s1. The molecule has 1 aromatic rings. The lowest BCUT2D eigenvalue weighted by molar-refractivity contribution is 0.0349. The van der Waals surface area contributed by atoms with E-state index in [-0.39, 0.29) is 30.2 Å². The van der Waals surface area contributed by atoms with Crippen LogP contribution >= 0.6 is 0 Å². The Morgan fingerprint density at radius 2 is 2.03 bits per heavy atom. The van der Waals surface area contributed by atoms with Gasteiger partial charge in [0, 0.05) is 32.2 Å². The molecule has 0 saturated carbocycles. The molecule has 2 atom stereocenters. The smallest absolute Gasteiger partial charge is 0.410 e. The van der Waals surface area contributed by atoms with Crippen LogP contribution in [-0.4, -0.2) is 70.8 Å². The molecule has 1 fully saturated rings. The molecule has 0 spiro atoms. The number of aryl methyl sites for hydroxylation is 1. The van der Waals surface area contributed by atoms with E-state index in [4.69, 9.17) is 20.6 Å². The Bertz CT molecular complexity index is 855. The first-order valence-corrected chi connectivity index (χ1v) is 11.1. The van der Waals surface area contributed by atoms with Crippen molar-refractivity contribution in [3.05, 3.63) is 28.8 Å². The molecule has 32 heavy (non-hydrogen) atoms. The zero-order chi connectivity index (χ0) is 24.0. The van der Waals surface area contributed by atoms with E-state index < -0.39 is 6.10 Å². The largest absolute Gasteiger partial charge is 0.447 e. The van der Waals surface area contributed by atoms with Gasteiger partial charge in [-0.1, -0.05) is 13.0 Å². The summed E-state index contributed by atoms with van der Waals surface area (Å²) < 4.78 is 10.5. The SMILES string of the molecule is CC[C@H](O)C(=N)OC(N)=Nc1cc(C)cc(CN2CCN(C(=O)OC(C)C)[C@@H](C)C2)c1C. The Kier molecular flexibility index (Phi) is 9.03. The van der Waals surface area contributed by atoms with Crippen LogP contribution in [0.4, 0.5) is 10.5 Å². The van der Waals surface area contributed by atoms with Gasteiger partial charge in [-0.2, -0.15) is 4.99 Å². The second kappa shape index (κ2) is 11.3. The maximum Gasteiger partial charge on any atom is 0.410 e. The number of aliphatic imine (C=N–C) groups is 1. The molecule has 9 nitrogen and oxygen atoms in total. The van der Waals surface area contributed by atoms with E-state index in [1.807, 2.05) is 40.7 Å². The summed E-state index contributed by atoms with van der Waals surface area (Å²) in [6, 6.07) is 3.92. The number of ether oxygens (including phenoxy) is 2. The molecule has 1 amide bonds. The third-order valence-corrected chi connectivity index (χ3v) is 5.44. The summed E-state index contributed by atoms with van der Waals surface area (Å²) in [6.45, 7) is 14.3. The van der Waals surface area contributed by atoms with Crippen molar-refractivity contribution in [1.29, 1.82) is 5.41 Å². The molecule has 2 rings (SSSR count). The fraction of sp³-hybridized carbons (Fsp3) is 0.609. The first-order chi connectivity index (χ1) is 15.0. The highest BCUT2D eigenvalue weighted by Crippen LogP contribution is 2.26. The van der Waals surface area contributed by atoms with E-state index in [2.05, 4.69) is 16.0 Å². The summed E-state index contributed by atoms with van der Waals surface area (Å²) in [7, 11) is 0. The van der Waals surface area contributed by atoms with Crippen molar-refractivity contribution in [2.45, 2.75) is 72.8 Å². The van der Waals surface area contributed by atoms with Crippen LogP contribution < -0.4 is 5.73 Å². The Balaban J connectivity index is 2.11. The topological polar surface area (TPSA) is 124 Å². The number of carbonyl (C=O) groups excluding carboxylic acids is 1. The van der Waals surface area contributed by atoms with Crippen molar-refractivity contribution in [3.8, 4) is 0 Å².